The Morgan fingerprint density at radius 2 is 1.94 bits per heavy atom. The van der Waals surface area contributed by atoms with E-state index in [1.165, 1.54) is 45.3 Å². The van der Waals surface area contributed by atoms with Crippen molar-refractivity contribution in [3.63, 3.8) is 0 Å². The Labute approximate surface area is 114 Å². The molecule has 3 atom stereocenters. The molecule has 3 heteroatoms. The van der Waals surface area contributed by atoms with Crippen LogP contribution in [-0.2, 0) is 0 Å². The fourth-order valence-corrected chi connectivity index (χ4v) is 2.75. The van der Waals surface area contributed by atoms with Crippen molar-refractivity contribution in [1.29, 1.82) is 0 Å². The minimum absolute atomic E-state index is 0.666. The molecule has 1 saturated heterocycles. The first kappa shape index (κ1) is 15.9. The first-order valence-corrected chi connectivity index (χ1v) is 7.67. The largest absolute Gasteiger partial charge is 0.311 e. The first-order chi connectivity index (χ1) is 8.52. The molecular formula is C15H33N3. The van der Waals surface area contributed by atoms with Gasteiger partial charge in [-0.2, -0.15) is 0 Å². The van der Waals surface area contributed by atoms with E-state index in [0.717, 1.165) is 6.04 Å². The molecule has 18 heavy (non-hydrogen) atoms. The SMILES string of the molecule is CCC1CCN(C(C)CCN(C)C)CCC(C)N1. The number of hydrogen-bond donors (Lipinski definition) is 1. The van der Waals surface area contributed by atoms with E-state index in [1.807, 2.05) is 0 Å². The monoisotopic (exact) mass is 255 g/mol. The van der Waals surface area contributed by atoms with Gasteiger partial charge in [-0.25, -0.2) is 0 Å². The van der Waals surface area contributed by atoms with Crippen LogP contribution in [0.3, 0.4) is 0 Å². The van der Waals surface area contributed by atoms with Gasteiger partial charge in [0.25, 0.3) is 0 Å². The second kappa shape index (κ2) is 8.13. The number of nitrogens with zero attached hydrogens (tertiary/aromatic N) is 2. The summed E-state index contributed by atoms with van der Waals surface area (Å²) < 4.78 is 0. The van der Waals surface area contributed by atoms with Crippen LogP contribution in [0.2, 0.25) is 0 Å². The van der Waals surface area contributed by atoms with E-state index in [-0.39, 0.29) is 0 Å². The summed E-state index contributed by atoms with van der Waals surface area (Å²) in [5, 5.41) is 3.74. The third kappa shape index (κ3) is 5.68. The minimum Gasteiger partial charge on any atom is -0.311 e. The van der Waals surface area contributed by atoms with Crippen molar-refractivity contribution in [2.45, 2.75) is 64.6 Å². The van der Waals surface area contributed by atoms with E-state index >= 15 is 0 Å². The third-order valence-electron chi connectivity index (χ3n) is 4.24. The van der Waals surface area contributed by atoms with Crippen molar-refractivity contribution in [1.82, 2.24) is 15.1 Å². The zero-order valence-corrected chi connectivity index (χ0v) is 13.1. The lowest BCUT2D eigenvalue weighted by Crippen LogP contribution is -2.46. The zero-order valence-electron chi connectivity index (χ0n) is 13.1. The average Bonchev–Trinajstić information content (AvgIpc) is 2.31. The fourth-order valence-electron chi connectivity index (χ4n) is 2.75. The topological polar surface area (TPSA) is 18.5 Å². The Morgan fingerprint density at radius 1 is 1.28 bits per heavy atom. The normalized spacial score (nSPS) is 29.0. The summed E-state index contributed by atoms with van der Waals surface area (Å²) in [6, 6.07) is 2.10. The van der Waals surface area contributed by atoms with Crippen molar-refractivity contribution in [2.24, 2.45) is 0 Å². The molecule has 3 unspecified atom stereocenters. The van der Waals surface area contributed by atoms with E-state index in [9.17, 15) is 0 Å². The minimum atomic E-state index is 0.666. The van der Waals surface area contributed by atoms with Crippen molar-refractivity contribution in [3.05, 3.63) is 0 Å². The van der Waals surface area contributed by atoms with Crippen LogP contribution in [0.5, 0.6) is 0 Å². The Hall–Kier alpha value is -0.120. The maximum absolute atomic E-state index is 3.74. The van der Waals surface area contributed by atoms with E-state index in [4.69, 9.17) is 0 Å². The molecule has 1 aliphatic rings. The zero-order chi connectivity index (χ0) is 13.5. The summed E-state index contributed by atoms with van der Waals surface area (Å²) in [7, 11) is 4.33. The molecule has 0 amide bonds. The molecule has 0 aromatic carbocycles. The third-order valence-corrected chi connectivity index (χ3v) is 4.24. The number of rotatable bonds is 5. The summed E-state index contributed by atoms with van der Waals surface area (Å²) in [4.78, 5) is 4.99. The molecule has 0 saturated carbocycles. The molecule has 0 aromatic rings. The van der Waals surface area contributed by atoms with Crippen molar-refractivity contribution < 1.29 is 0 Å². The van der Waals surface area contributed by atoms with Gasteiger partial charge >= 0.3 is 0 Å². The molecular weight excluding hydrogens is 222 g/mol. The van der Waals surface area contributed by atoms with Crippen LogP contribution in [0.4, 0.5) is 0 Å². The number of hydrogen-bond acceptors (Lipinski definition) is 3. The molecule has 1 N–H and O–H groups in total. The van der Waals surface area contributed by atoms with Gasteiger partial charge in [-0.1, -0.05) is 6.92 Å². The highest BCUT2D eigenvalue weighted by molar-refractivity contribution is 4.79. The highest BCUT2D eigenvalue weighted by Crippen LogP contribution is 2.13. The second-order valence-electron chi connectivity index (χ2n) is 6.23. The summed E-state index contributed by atoms with van der Waals surface area (Å²) in [6.07, 6.45) is 5.12. The average molecular weight is 255 g/mol. The van der Waals surface area contributed by atoms with Crippen LogP contribution in [0.1, 0.15) is 46.5 Å². The Bertz CT molecular complexity index is 218. The maximum atomic E-state index is 3.74. The molecule has 0 bridgehead atoms. The number of nitrogens with one attached hydrogen (secondary N) is 1. The van der Waals surface area contributed by atoms with Crippen LogP contribution in [0, 0.1) is 0 Å². The van der Waals surface area contributed by atoms with Gasteiger partial charge in [0, 0.05) is 18.1 Å². The van der Waals surface area contributed by atoms with E-state index in [0.29, 0.717) is 12.1 Å². The fraction of sp³-hybridized carbons (Fsp3) is 1.00. The molecule has 1 aliphatic heterocycles. The molecule has 0 aliphatic carbocycles. The van der Waals surface area contributed by atoms with Crippen molar-refractivity contribution >= 4 is 0 Å². The molecule has 1 fully saturated rings. The first-order valence-electron chi connectivity index (χ1n) is 7.67. The predicted octanol–water partition coefficient (Wildman–Crippen LogP) is 2.18. The summed E-state index contributed by atoms with van der Waals surface area (Å²) >= 11 is 0. The smallest absolute Gasteiger partial charge is 0.00791 e. The highest BCUT2D eigenvalue weighted by Gasteiger charge is 2.20. The van der Waals surface area contributed by atoms with Gasteiger partial charge in [-0.3, -0.25) is 0 Å². The molecule has 1 heterocycles. The van der Waals surface area contributed by atoms with Crippen LogP contribution in [0.15, 0.2) is 0 Å². The summed E-state index contributed by atoms with van der Waals surface area (Å²) in [5.74, 6) is 0. The summed E-state index contributed by atoms with van der Waals surface area (Å²) in [5.41, 5.74) is 0. The molecule has 1 rings (SSSR count). The van der Waals surface area contributed by atoms with Gasteiger partial charge in [0.2, 0.25) is 0 Å². The van der Waals surface area contributed by atoms with Crippen LogP contribution >= 0.6 is 0 Å². The molecule has 0 aromatic heterocycles. The Kier molecular flexibility index (Phi) is 7.20. The Balaban J connectivity index is 2.43. The van der Waals surface area contributed by atoms with Gasteiger partial charge in [0.15, 0.2) is 0 Å². The van der Waals surface area contributed by atoms with Gasteiger partial charge < -0.3 is 15.1 Å². The van der Waals surface area contributed by atoms with Gasteiger partial charge in [-0.15, -0.1) is 0 Å². The van der Waals surface area contributed by atoms with Crippen LogP contribution in [0.25, 0.3) is 0 Å². The van der Waals surface area contributed by atoms with E-state index in [1.54, 1.807) is 0 Å². The van der Waals surface area contributed by atoms with E-state index < -0.39 is 0 Å². The van der Waals surface area contributed by atoms with Crippen molar-refractivity contribution in [3.8, 4) is 0 Å². The molecule has 3 nitrogen and oxygen atoms in total. The molecule has 0 radical (unpaired) electrons. The second-order valence-corrected chi connectivity index (χ2v) is 6.23. The lowest BCUT2D eigenvalue weighted by Gasteiger charge is -2.35. The molecule has 0 spiro atoms. The van der Waals surface area contributed by atoms with Gasteiger partial charge in [0.1, 0.15) is 0 Å². The maximum Gasteiger partial charge on any atom is 0.00791 e. The summed E-state index contributed by atoms with van der Waals surface area (Å²) in [6.45, 7) is 10.7. The van der Waals surface area contributed by atoms with E-state index in [2.05, 4.69) is 50.0 Å². The molecule has 108 valence electrons. The van der Waals surface area contributed by atoms with Crippen LogP contribution < -0.4 is 5.32 Å². The standard InChI is InChI=1S/C15H33N3/c1-6-15-9-12-18(11-7-13(2)16-15)14(3)8-10-17(4)5/h13-16H,6-12H2,1-5H3. The van der Waals surface area contributed by atoms with Crippen molar-refractivity contribution in [2.75, 3.05) is 33.7 Å². The lowest BCUT2D eigenvalue weighted by molar-refractivity contribution is 0.154. The quantitative estimate of drug-likeness (QED) is 0.812. The Morgan fingerprint density at radius 3 is 2.56 bits per heavy atom. The predicted molar refractivity (Wildman–Crippen MR) is 80.1 cm³/mol. The lowest BCUT2D eigenvalue weighted by atomic mass is 10.0. The van der Waals surface area contributed by atoms with Gasteiger partial charge in [0.05, 0.1) is 0 Å². The highest BCUT2D eigenvalue weighted by atomic mass is 15.2. The van der Waals surface area contributed by atoms with Gasteiger partial charge in [-0.05, 0) is 73.3 Å². The van der Waals surface area contributed by atoms with Crippen LogP contribution in [-0.4, -0.2) is 61.7 Å².